The lowest BCUT2D eigenvalue weighted by molar-refractivity contribution is 0.0442. The lowest BCUT2D eigenvalue weighted by atomic mass is 9.86. The van der Waals surface area contributed by atoms with Gasteiger partial charge in [0.15, 0.2) is 0 Å². The Morgan fingerprint density at radius 3 is 2.73 bits per heavy atom. The molecule has 0 aliphatic carbocycles. The Labute approximate surface area is 109 Å². The lowest BCUT2D eigenvalue weighted by Gasteiger charge is -2.37. The molecule has 0 aromatic carbocycles. The lowest BCUT2D eigenvalue weighted by Crippen LogP contribution is -2.45. The van der Waals surface area contributed by atoms with Crippen LogP contribution in [0.5, 0.6) is 0 Å². The van der Waals surface area contributed by atoms with Gasteiger partial charge in [0.1, 0.15) is 0 Å². The van der Waals surface area contributed by atoms with Gasteiger partial charge in [0, 0.05) is 40.0 Å². The van der Waals surface area contributed by atoms with Crippen molar-refractivity contribution >= 4 is 30.3 Å². The third-order valence-corrected chi connectivity index (χ3v) is 4.19. The monoisotopic (exact) mass is 341 g/mol. The Kier molecular flexibility index (Phi) is 7.29. The Bertz CT molecular complexity index is 178. The van der Waals surface area contributed by atoms with Gasteiger partial charge in [0.05, 0.1) is 0 Å². The molecule has 1 saturated heterocycles. The number of hydrogen-bond donors (Lipinski definition) is 1. The summed E-state index contributed by atoms with van der Waals surface area (Å²) >= 11 is 2.32. The van der Waals surface area contributed by atoms with Gasteiger partial charge >= 0.3 is 0 Å². The molecular formula is C11H20INOS. The van der Waals surface area contributed by atoms with Crippen LogP contribution in [-0.2, 0) is 4.74 Å². The van der Waals surface area contributed by atoms with E-state index in [9.17, 15) is 0 Å². The van der Waals surface area contributed by atoms with Crippen molar-refractivity contribution in [1.29, 1.82) is 0 Å². The van der Waals surface area contributed by atoms with Gasteiger partial charge in [-0.05, 0) is 41.2 Å². The van der Waals surface area contributed by atoms with Crippen LogP contribution in [-0.4, -0.2) is 18.8 Å². The van der Waals surface area contributed by atoms with Gasteiger partial charge in [-0.15, -0.1) is 6.58 Å². The number of allylic oxidation sites excluding steroid dienone is 1. The van der Waals surface area contributed by atoms with Crippen molar-refractivity contribution in [2.75, 3.05) is 13.2 Å². The van der Waals surface area contributed by atoms with Crippen molar-refractivity contribution in [3.05, 3.63) is 12.7 Å². The molecule has 1 N–H and O–H groups in total. The highest BCUT2D eigenvalue weighted by molar-refractivity contribution is 14.2. The average Bonchev–Trinajstić information content (AvgIpc) is 2.26. The number of hydrogen-bond acceptors (Lipinski definition) is 3. The maximum atomic E-state index is 5.43. The number of unbranched alkanes of at least 4 members (excludes halogenated alkanes) is 2. The molecule has 1 rings (SSSR count). The molecule has 1 aliphatic rings. The van der Waals surface area contributed by atoms with E-state index < -0.39 is 0 Å². The summed E-state index contributed by atoms with van der Waals surface area (Å²) < 4.78 is 9.00. The van der Waals surface area contributed by atoms with Gasteiger partial charge in [-0.2, -0.15) is 0 Å². The van der Waals surface area contributed by atoms with Gasteiger partial charge < -0.3 is 4.74 Å². The summed E-state index contributed by atoms with van der Waals surface area (Å²) in [5, 5.41) is 0. The van der Waals surface area contributed by atoms with Gasteiger partial charge in [-0.3, -0.25) is 0 Å². The summed E-state index contributed by atoms with van der Waals surface area (Å²) in [6.07, 6.45) is 9.27. The first-order chi connectivity index (χ1) is 7.33. The van der Waals surface area contributed by atoms with E-state index in [1.165, 1.54) is 19.3 Å². The fourth-order valence-corrected chi connectivity index (χ4v) is 3.87. The van der Waals surface area contributed by atoms with Crippen LogP contribution in [0.3, 0.4) is 0 Å². The predicted octanol–water partition coefficient (Wildman–Crippen LogP) is 3.87. The largest absolute Gasteiger partial charge is 0.381 e. The van der Waals surface area contributed by atoms with Crippen molar-refractivity contribution in [3.8, 4) is 0 Å². The van der Waals surface area contributed by atoms with Crippen LogP contribution in [0.1, 0.15) is 38.5 Å². The normalized spacial score (nSPS) is 20.1. The fraction of sp³-hybridized carbons (Fsp3) is 0.818. The molecule has 0 spiro atoms. The minimum absolute atomic E-state index is 0.325. The highest BCUT2D eigenvalue weighted by atomic mass is 127. The first kappa shape index (κ1) is 13.8. The summed E-state index contributed by atoms with van der Waals surface area (Å²) in [6.45, 7) is 5.57. The summed E-state index contributed by atoms with van der Waals surface area (Å²) in [4.78, 5) is 0. The van der Waals surface area contributed by atoms with E-state index in [0.717, 1.165) is 32.5 Å². The zero-order valence-corrected chi connectivity index (χ0v) is 12.1. The van der Waals surface area contributed by atoms with Crippen LogP contribution in [0, 0.1) is 0 Å². The van der Waals surface area contributed by atoms with E-state index in [2.05, 4.69) is 32.5 Å². The van der Waals surface area contributed by atoms with Gasteiger partial charge in [-0.25, -0.2) is 4.72 Å². The quantitative estimate of drug-likeness (QED) is 0.329. The van der Waals surface area contributed by atoms with E-state index in [1.54, 1.807) is 9.12 Å². The molecule has 0 saturated carbocycles. The SMILES string of the molecule is C=CCCCCC1(NSI)CCOCC1. The van der Waals surface area contributed by atoms with Gasteiger partial charge in [0.2, 0.25) is 0 Å². The fourth-order valence-electron chi connectivity index (χ4n) is 2.00. The van der Waals surface area contributed by atoms with E-state index >= 15 is 0 Å². The Morgan fingerprint density at radius 2 is 2.13 bits per heavy atom. The maximum Gasteiger partial charge on any atom is 0.0483 e. The standard InChI is InChI=1S/C11H20INOS/c1-2-3-4-5-6-11(13-15-12)7-9-14-10-8-11/h2,13H,1,3-10H2. The first-order valence-corrected chi connectivity index (χ1v) is 8.92. The molecule has 0 unspecified atom stereocenters. The van der Waals surface area contributed by atoms with E-state index in [0.29, 0.717) is 5.54 Å². The molecule has 4 heteroatoms. The van der Waals surface area contributed by atoms with Crippen LogP contribution in [0.4, 0.5) is 0 Å². The maximum absolute atomic E-state index is 5.43. The van der Waals surface area contributed by atoms with Crippen LogP contribution in [0.15, 0.2) is 12.7 Å². The number of rotatable bonds is 7. The second kappa shape index (κ2) is 7.92. The number of nitrogens with one attached hydrogen (secondary N) is 1. The molecule has 0 bridgehead atoms. The first-order valence-electron chi connectivity index (χ1n) is 5.56. The van der Waals surface area contributed by atoms with Crippen LogP contribution in [0.2, 0.25) is 0 Å². The van der Waals surface area contributed by atoms with E-state index in [4.69, 9.17) is 4.74 Å². The second-order valence-corrected chi connectivity index (χ2v) is 5.79. The summed E-state index contributed by atoms with van der Waals surface area (Å²) in [6, 6.07) is 0. The summed E-state index contributed by atoms with van der Waals surface area (Å²) in [5.74, 6) is 0. The van der Waals surface area contributed by atoms with Crippen LogP contribution >= 0.6 is 30.3 Å². The minimum atomic E-state index is 0.325. The van der Waals surface area contributed by atoms with Crippen molar-refractivity contribution < 1.29 is 4.74 Å². The molecule has 1 fully saturated rings. The van der Waals surface area contributed by atoms with E-state index in [1.807, 2.05) is 6.08 Å². The molecule has 0 aromatic rings. The van der Waals surface area contributed by atoms with Gasteiger partial charge in [0.25, 0.3) is 0 Å². The molecule has 1 aliphatic heterocycles. The Morgan fingerprint density at radius 1 is 1.40 bits per heavy atom. The average molecular weight is 341 g/mol. The molecule has 88 valence electrons. The highest BCUT2D eigenvalue weighted by Crippen LogP contribution is 2.30. The zero-order valence-electron chi connectivity index (χ0n) is 9.14. The third-order valence-electron chi connectivity index (χ3n) is 3.02. The Balaban J connectivity index is 2.31. The molecule has 0 aromatic heterocycles. The smallest absolute Gasteiger partial charge is 0.0483 e. The van der Waals surface area contributed by atoms with Crippen molar-refractivity contribution in [3.63, 3.8) is 0 Å². The minimum Gasteiger partial charge on any atom is -0.381 e. The summed E-state index contributed by atoms with van der Waals surface area (Å²) in [7, 11) is 1.72. The second-order valence-electron chi connectivity index (χ2n) is 4.11. The molecule has 0 atom stereocenters. The number of halogens is 1. The van der Waals surface area contributed by atoms with Crippen molar-refractivity contribution in [2.24, 2.45) is 0 Å². The number of ether oxygens (including phenoxy) is 1. The molecular weight excluding hydrogens is 321 g/mol. The molecule has 15 heavy (non-hydrogen) atoms. The molecule has 0 amide bonds. The van der Waals surface area contributed by atoms with Crippen molar-refractivity contribution in [2.45, 2.75) is 44.1 Å². The topological polar surface area (TPSA) is 21.3 Å². The van der Waals surface area contributed by atoms with Gasteiger partial charge in [-0.1, -0.05) is 12.5 Å². The molecule has 1 heterocycles. The predicted molar refractivity (Wildman–Crippen MR) is 76.2 cm³/mol. The van der Waals surface area contributed by atoms with Crippen LogP contribution < -0.4 is 4.72 Å². The van der Waals surface area contributed by atoms with Crippen molar-refractivity contribution in [1.82, 2.24) is 4.72 Å². The van der Waals surface area contributed by atoms with E-state index in [-0.39, 0.29) is 0 Å². The molecule has 0 radical (unpaired) electrons. The van der Waals surface area contributed by atoms with Crippen LogP contribution in [0.25, 0.3) is 0 Å². The molecule has 2 nitrogen and oxygen atoms in total. The zero-order chi connectivity index (χ0) is 11.0. The third kappa shape index (κ3) is 5.06. The summed E-state index contributed by atoms with van der Waals surface area (Å²) in [5.41, 5.74) is 0.325. The Hall–Kier alpha value is 0.740. The highest BCUT2D eigenvalue weighted by Gasteiger charge is 2.31.